The standard InChI is InChI=1S/C43H53FO6/c1-11-37(45)41(7,8)47-27-25-39(3,4)49-34-18-13-31(14-19-34)43(24-23-30-29-33(44)17-22-36(30)43)32-15-20-35(21-16-32)50-40(5,6)26-28-48-42(9,10)38(46)12-2/h11-22,29H,1-2,23-28H2,3-10H3. The van der Waals surface area contributed by atoms with Crippen molar-refractivity contribution in [1.29, 1.82) is 0 Å². The number of carbonyl (C=O) groups excluding carboxylic acids is 2. The Balaban J connectivity index is 1.53. The van der Waals surface area contributed by atoms with Crippen LogP contribution in [0.15, 0.2) is 92.0 Å². The van der Waals surface area contributed by atoms with Crippen LogP contribution in [0.2, 0.25) is 0 Å². The van der Waals surface area contributed by atoms with Crippen LogP contribution >= 0.6 is 0 Å². The molecule has 1 aliphatic rings. The third-order valence-electron chi connectivity index (χ3n) is 9.67. The molecule has 0 saturated heterocycles. The average molecular weight is 685 g/mol. The van der Waals surface area contributed by atoms with Gasteiger partial charge in [-0.3, -0.25) is 9.59 Å². The van der Waals surface area contributed by atoms with E-state index in [1.807, 2.05) is 58.0 Å². The molecule has 7 heteroatoms. The molecule has 0 fully saturated rings. The van der Waals surface area contributed by atoms with Gasteiger partial charge in [-0.25, -0.2) is 4.39 Å². The maximum atomic E-state index is 14.4. The van der Waals surface area contributed by atoms with Gasteiger partial charge in [0, 0.05) is 18.3 Å². The predicted octanol–water partition coefficient (Wildman–Crippen LogP) is 9.30. The fourth-order valence-electron chi connectivity index (χ4n) is 6.50. The van der Waals surface area contributed by atoms with Gasteiger partial charge < -0.3 is 18.9 Å². The highest BCUT2D eigenvalue weighted by Crippen LogP contribution is 2.50. The first-order chi connectivity index (χ1) is 23.3. The molecule has 3 aromatic rings. The number of ether oxygens (including phenoxy) is 4. The fourth-order valence-corrected chi connectivity index (χ4v) is 6.50. The summed E-state index contributed by atoms with van der Waals surface area (Å²) in [7, 11) is 0. The minimum Gasteiger partial charge on any atom is -0.488 e. The van der Waals surface area contributed by atoms with E-state index in [0.717, 1.165) is 46.6 Å². The number of fused-ring (bicyclic) bond motifs is 1. The summed E-state index contributed by atoms with van der Waals surface area (Å²) in [5.74, 6) is 0.888. The molecule has 0 heterocycles. The highest BCUT2D eigenvalue weighted by atomic mass is 19.1. The summed E-state index contributed by atoms with van der Waals surface area (Å²) in [6, 6.07) is 21.4. The number of aryl methyl sites for hydroxylation is 1. The van der Waals surface area contributed by atoms with Gasteiger partial charge in [0.1, 0.15) is 39.7 Å². The van der Waals surface area contributed by atoms with Gasteiger partial charge in [-0.2, -0.15) is 0 Å². The smallest absolute Gasteiger partial charge is 0.186 e. The molecule has 0 N–H and O–H groups in total. The lowest BCUT2D eigenvalue weighted by Gasteiger charge is -2.33. The maximum absolute atomic E-state index is 14.4. The summed E-state index contributed by atoms with van der Waals surface area (Å²) >= 11 is 0. The zero-order chi connectivity index (χ0) is 37.0. The van der Waals surface area contributed by atoms with Crippen molar-refractivity contribution in [2.45, 2.75) is 109 Å². The molecule has 0 aliphatic heterocycles. The van der Waals surface area contributed by atoms with Crippen LogP contribution in [0, 0.1) is 5.82 Å². The van der Waals surface area contributed by atoms with Crippen molar-refractivity contribution in [1.82, 2.24) is 0 Å². The van der Waals surface area contributed by atoms with E-state index in [9.17, 15) is 14.0 Å². The Morgan fingerprint density at radius 2 is 1.12 bits per heavy atom. The molecule has 0 aromatic heterocycles. The number of rotatable bonds is 18. The first-order valence-corrected chi connectivity index (χ1v) is 17.3. The molecule has 0 spiro atoms. The van der Waals surface area contributed by atoms with Crippen LogP contribution in [0.1, 0.15) is 96.9 Å². The van der Waals surface area contributed by atoms with Crippen LogP contribution in [0.3, 0.4) is 0 Å². The van der Waals surface area contributed by atoms with Crippen LogP contribution in [-0.4, -0.2) is 47.2 Å². The second-order valence-corrected chi connectivity index (χ2v) is 15.3. The predicted molar refractivity (Wildman–Crippen MR) is 197 cm³/mol. The number of hydrogen-bond acceptors (Lipinski definition) is 6. The summed E-state index contributed by atoms with van der Waals surface area (Å²) in [6.07, 6.45) is 5.27. The Morgan fingerprint density at radius 3 is 1.52 bits per heavy atom. The van der Waals surface area contributed by atoms with Crippen molar-refractivity contribution in [3.63, 3.8) is 0 Å². The monoisotopic (exact) mass is 684 g/mol. The highest BCUT2D eigenvalue weighted by Gasteiger charge is 2.42. The summed E-state index contributed by atoms with van der Waals surface area (Å²) in [4.78, 5) is 24.2. The molecule has 0 amide bonds. The lowest BCUT2D eigenvalue weighted by molar-refractivity contribution is -0.136. The Kier molecular flexibility index (Phi) is 11.6. The quantitative estimate of drug-likeness (QED) is 0.124. The second-order valence-electron chi connectivity index (χ2n) is 15.3. The maximum Gasteiger partial charge on any atom is 0.186 e. The summed E-state index contributed by atoms with van der Waals surface area (Å²) < 4.78 is 38.9. The minimum absolute atomic E-state index is 0.160. The van der Waals surface area contributed by atoms with E-state index >= 15 is 0 Å². The van der Waals surface area contributed by atoms with Gasteiger partial charge in [0.05, 0.1) is 13.2 Å². The van der Waals surface area contributed by atoms with Crippen molar-refractivity contribution in [3.05, 3.63) is 120 Å². The van der Waals surface area contributed by atoms with Crippen molar-refractivity contribution < 1.29 is 32.9 Å². The summed E-state index contributed by atoms with van der Waals surface area (Å²) in [5, 5.41) is 0. The van der Waals surface area contributed by atoms with E-state index in [4.69, 9.17) is 18.9 Å². The molecule has 6 nitrogen and oxygen atoms in total. The number of carbonyl (C=O) groups is 2. The molecular formula is C43H53FO6. The first-order valence-electron chi connectivity index (χ1n) is 17.3. The molecule has 3 aromatic carbocycles. The summed E-state index contributed by atoms with van der Waals surface area (Å²) in [6.45, 7) is 22.8. The molecule has 0 unspecified atom stereocenters. The minimum atomic E-state index is -0.935. The van der Waals surface area contributed by atoms with Crippen LogP contribution in [0.4, 0.5) is 4.39 Å². The van der Waals surface area contributed by atoms with Gasteiger partial charge in [-0.1, -0.05) is 43.5 Å². The number of hydrogen-bond donors (Lipinski definition) is 0. The Bertz CT molecular complexity index is 1590. The normalized spacial score (nSPS) is 14.5. The van der Waals surface area contributed by atoms with Gasteiger partial charge in [-0.05, 0) is 139 Å². The van der Waals surface area contributed by atoms with E-state index in [2.05, 4.69) is 37.4 Å². The van der Waals surface area contributed by atoms with E-state index < -0.39 is 27.8 Å². The lowest BCUT2D eigenvalue weighted by Crippen LogP contribution is -2.37. The van der Waals surface area contributed by atoms with Crippen molar-refractivity contribution in [2.24, 2.45) is 0 Å². The number of ketones is 2. The van der Waals surface area contributed by atoms with Crippen LogP contribution in [-0.2, 0) is 30.9 Å². The van der Waals surface area contributed by atoms with E-state index in [1.165, 1.54) is 18.2 Å². The molecule has 0 bridgehead atoms. The molecule has 0 atom stereocenters. The van der Waals surface area contributed by atoms with Gasteiger partial charge in [0.2, 0.25) is 0 Å². The second kappa shape index (κ2) is 15.0. The Morgan fingerprint density at radius 1 is 0.700 bits per heavy atom. The number of benzene rings is 3. The van der Waals surface area contributed by atoms with Gasteiger partial charge in [0.25, 0.3) is 0 Å². The SMILES string of the molecule is C=CC(=O)C(C)(C)OCCC(C)(C)Oc1ccc(C2(c3ccc(OC(C)(C)CCOC(C)(C)C(=O)C=C)cc3)CCc3cc(F)ccc32)cc1. The van der Waals surface area contributed by atoms with Crippen molar-refractivity contribution >= 4 is 11.6 Å². The first kappa shape index (κ1) is 38.7. The molecule has 1 aliphatic carbocycles. The zero-order valence-electron chi connectivity index (χ0n) is 31.0. The average Bonchev–Trinajstić information content (AvgIpc) is 3.43. The van der Waals surface area contributed by atoms with Crippen molar-refractivity contribution in [3.8, 4) is 11.5 Å². The Labute approximate surface area is 297 Å². The van der Waals surface area contributed by atoms with E-state index in [-0.39, 0.29) is 17.4 Å². The fraction of sp³-hybridized carbons (Fsp3) is 0.442. The van der Waals surface area contributed by atoms with Gasteiger partial charge in [-0.15, -0.1) is 0 Å². The van der Waals surface area contributed by atoms with E-state index in [1.54, 1.807) is 33.8 Å². The molecule has 50 heavy (non-hydrogen) atoms. The third kappa shape index (κ3) is 8.98. The highest BCUT2D eigenvalue weighted by molar-refractivity contribution is 5.96. The lowest BCUT2D eigenvalue weighted by atomic mass is 9.70. The largest absolute Gasteiger partial charge is 0.488 e. The molecule has 268 valence electrons. The van der Waals surface area contributed by atoms with Gasteiger partial charge >= 0.3 is 0 Å². The zero-order valence-corrected chi connectivity index (χ0v) is 31.0. The Hall–Kier alpha value is -4.07. The van der Waals surface area contributed by atoms with Crippen LogP contribution in [0.25, 0.3) is 0 Å². The number of halogens is 1. The van der Waals surface area contributed by atoms with E-state index in [0.29, 0.717) is 26.1 Å². The summed E-state index contributed by atoms with van der Waals surface area (Å²) in [5.41, 5.74) is 0.822. The molecule has 0 radical (unpaired) electrons. The molecule has 0 saturated carbocycles. The van der Waals surface area contributed by atoms with Crippen LogP contribution < -0.4 is 9.47 Å². The van der Waals surface area contributed by atoms with Crippen LogP contribution in [0.5, 0.6) is 11.5 Å². The topological polar surface area (TPSA) is 71.1 Å². The molecular weight excluding hydrogens is 631 g/mol. The van der Waals surface area contributed by atoms with Crippen molar-refractivity contribution in [2.75, 3.05) is 13.2 Å². The van der Waals surface area contributed by atoms with Gasteiger partial charge in [0.15, 0.2) is 11.6 Å². The third-order valence-corrected chi connectivity index (χ3v) is 9.67. The molecule has 4 rings (SSSR count).